The lowest BCUT2D eigenvalue weighted by Gasteiger charge is -2.34. The molecule has 1 fully saturated rings. The van der Waals surface area contributed by atoms with E-state index in [1.165, 1.54) is 39.9 Å². The molecule has 0 bridgehead atoms. The van der Waals surface area contributed by atoms with Crippen molar-refractivity contribution in [3.63, 3.8) is 0 Å². The third kappa shape index (κ3) is 5.47. The number of thiazole rings is 1. The van der Waals surface area contributed by atoms with Crippen LogP contribution in [0.4, 0.5) is 5.13 Å². The molecule has 8 nitrogen and oxygen atoms in total. The van der Waals surface area contributed by atoms with E-state index < -0.39 is 10.0 Å². The quantitative estimate of drug-likeness (QED) is 0.520. The van der Waals surface area contributed by atoms with Crippen molar-refractivity contribution in [1.82, 2.24) is 9.29 Å². The Balaban J connectivity index is 1.42. The summed E-state index contributed by atoms with van der Waals surface area (Å²) in [6.45, 7) is 6.84. The third-order valence-electron chi connectivity index (χ3n) is 5.33. The summed E-state index contributed by atoms with van der Waals surface area (Å²) >= 11 is 1.32. The van der Waals surface area contributed by atoms with Crippen LogP contribution >= 0.6 is 11.3 Å². The SMILES string of the molecule is CCOc1ccc(-c2csc(NC(=O)c3ccc(S(=O)(=O)N4CC(C)OC(C)C4)cc3)n2)cc1. The monoisotopic (exact) mass is 501 g/mol. The zero-order valence-corrected chi connectivity index (χ0v) is 20.9. The van der Waals surface area contributed by atoms with Gasteiger partial charge in [-0.2, -0.15) is 4.31 Å². The fourth-order valence-corrected chi connectivity index (χ4v) is 6.08. The Morgan fingerprint density at radius 3 is 2.38 bits per heavy atom. The molecular formula is C24H27N3O5S2. The highest BCUT2D eigenvalue weighted by atomic mass is 32.2. The molecule has 180 valence electrons. The number of ether oxygens (including phenoxy) is 2. The van der Waals surface area contributed by atoms with E-state index in [0.29, 0.717) is 30.4 Å². The first-order valence-electron chi connectivity index (χ1n) is 11.0. The van der Waals surface area contributed by atoms with E-state index in [9.17, 15) is 13.2 Å². The molecule has 1 aromatic heterocycles. The van der Waals surface area contributed by atoms with Gasteiger partial charge < -0.3 is 9.47 Å². The number of morpholine rings is 1. The summed E-state index contributed by atoms with van der Waals surface area (Å²) in [5.74, 6) is 0.434. The number of sulfonamides is 1. The molecule has 0 aliphatic carbocycles. The van der Waals surface area contributed by atoms with Gasteiger partial charge in [0, 0.05) is 29.6 Å². The van der Waals surface area contributed by atoms with Gasteiger partial charge >= 0.3 is 0 Å². The van der Waals surface area contributed by atoms with Crippen LogP contribution in [0.25, 0.3) is 11.3 Å². The number of benzene rings is 2. The van der Waals surface area contributed by atoms with Crippen LogP contribution in [0.3, 0.4) is 0 Å². The third-order valence-corrected chi connectivity index (χ3v) is 7.93. The molecule has 2 atom stereocenters. The summed E-state index contributed by atoms with van der Waals surface area (Å²) in [7, 11) is -3.66. The lowest BCUT2D eigenvalue weighted by molar-refractivity contribution is -0.0440. The molecule has 10 heteroatoms. The molecule has 2 unspecified atom stereocenters. The first-order valence-corrected chi connectivity index (χ1v) is 13.3. The molecule has 1 aliphatic heterocycles. The van der Waals surface area contributed by atoms with Crippen LogP contribution in [-0.2, 0) is 14.8 Å². The average Bonchev–Trinajstić information content (AvgIpc) is 3.27. The van der Waals surface area contributed by atoms with E-state index in [2.05, 4.69) is 10.3 Å². The lowest BCUT2D eigenvalue weighted by atomic mass is 10.2. The zero-order valence-electron chi connectivity index (χ0n) is 19.2. The molecule has 2 aromatic carbocycles. The summed E-state index contributed by atoms with van der Waals surface area (Å²) < 4.78 is 38.5. The van der Waals surface area contributed by atoms with Crippen LogP contribution in [0.1, 0.15) is 31.1 Å². The minimum Gasteiger partial charge on any atom is -0.494 e. The maximum absolute atomic E-state index is 13.0. The van der Waals surface area contributed by atoms with E-state index in [4.69, 9.17) is 9.47 Å². The van der Waals surface area contributed by atoms with Crippen molar-refractivity contribution >= 4 is 32.4 Å². The molecule has 3 aromatic rings. The van der Waals surface area contributed by atoms with Crippen LogP contribution < -0.4 is 10.1 Å². The van der Waals surface area contributed by atoms with Gasteiger partial charge in [0.2, 0.25) is 10.0 Å². The summed E-state index contributed by atoms with van der Waals surface area (Å²) in [6, 6.07) is 13.5. The number of hydrogen-bond donors (Lipinski definition) is 1. The predicted molar refractivity (Wildman–Crippen MR) is 132 cm³/mol. The number of nitrogens with one attached hydrogen (secondary N) is 1. The fraction of sp³-hybridized carbons (Fsp3) is 0.333. The maximum Gasteiger partial charge on any atom is 0.257 e. The smallest absolute Gasteiger partial charge is 0.257 e. The molecule has 4 rings (SSSR count). The van der Waals surface area contributed by atoms with Crippen molar-refractivity contribution in [2.24, 2.45) is 0 Å². The van der Waals surface area contributed by atoms with Gasteiger partial charge in [-0.25, -0.2) is 13.4 Å². The number of amides is 1. The zero-order chi connectivity index (χ0) is 24.3. The Kier molecular flexibility index (Phi) is 7.32. The van der Waals surface area contributed by atoms with Crippen molar-refractivity contribution in [1.29, 1.82) is 0 Å². The second kappa shape index (κ2) is 10.2. The largest absolute Gasteiger partial charge is 0.494 e. The van der Waals surface area contributed by atoms with Gasteiger partial charge in [0.1, 0.15) is 5.75 Å². The van der Waals surface area contributed by atoms with Crippen molar-refractivity contribution < 1.29 is 22.7 Å². The minimum atomic E-state index is -3.66. The topological polar surface area (TPSA) is 97.8 Å². The molecule has 1 amide bonds. The molecule has 1 N–H and O–H groups in total. The van der Waals surface area contributed by atoms with E-state index >= 15 is 0 Å². The fourth-order valence-electron chi connectivity index (χ4n) is 3.78. The van der Waals surface area contributed by atoms with E-state index in [1.54, 1.807) is 0 Å². The van der Waals surface area contributed by atoms with Crippen molar-refractivity contribution in [2.45, 2.75) is 37.9 Å². The number of nitrogens with zero attached hydrogens (tertiary/aromatic N) is 2. The molecule has 1 aliphatic rings. The van der Waals surface area contributed by atoms with Crippen LogP contribution in [0, 0.1) is 0 Å². The van der Waals surface area contributed by atoms with Crippen molar-refractivity contribution in [3.8, 4) is 17.0 Å². The van der Waals surface area contributed by atoms with Gasteiger partial charge in [0.15, 0.2) is 5.13 Å². The van der Waals surface area contributed by atoms with Gasteiger partial charge in [0.25, 0.3) is 5.91 Å². The molecular weight excluding hydrogens is 474 g/mol. The second-order valence-electron chi connectivity index (χ2n) is 8.05. The number of rotatable bonds is 7. The first-order chi connectivity index (χ1) is 16.3. The Bertz CT molecular complexity index is 1230. The van der Waals surface area contributed by atoms with E-state index in [1.807, 2.05) is 50.4 Å². The van der Waals surface area contributed by atoms with Gasteiger partial charge in [-0.1, -0.05) is 0 Å². The Hall–Kier alpha value is -2.79. The van der Waals surface area contributed by atoms with Gasteiger partial charge in [-0.3, -0.25) is 10.1 Å². The summed E-state index contributed by atoms with van der Waals surface area (Å²) in [4.78, 5) is 17.3. The summed E-state index contributed by atoms with van der Waals surface area (Å²) in [5, 5.41) is 5.11. The number of anilines is 1. The van der Waals surface area contributed by atoms with Crippen molar-refractivity contribution in [2.75, 3.05) is 25.0 Å². The molecule has 0 saturated carbocycles. The van der Waals surface area contributed by atoms with E-state index in [-0.39, 0.29) is 23.0 Å². The second-order valence-corrected chi connectivity index (χ2v) is 10.8. The maximum atomic E-state index is 13.0. The standard InChI is InChI=1S/C24H27N3O5S2/c1-4-31-20-9-5-18(6-10-20)22-15-33-24(25-22)26-23(28)19-7-11-21(12-8-19)34(29,30)27-13-16(2)32-17(3)14-27/h5-12,15-17H,4,13-14H2,1-3H3,(H,25,26,28). The molecule has 1 saturated heterocycles. The average molecular weight is 502 g/mol. The number of aromatic nitrogens is 1. The number of hydrogen-bond acceptors (Lipinski definition) is 7. The Morgan fingerprint density at radius 2 is 1.76 bits per heavy atom. The van der Waals surface area contributed by atoms with Crippen LogP contribution in [-0.4, -0.2) is 55.5 Å². The highest BCUT2D eigenvalue weighted by Gasteiger charge is 2.32. The number of carbonyl (C=O) groups excluding carboxylic acids is 1. The lowest BCUT2D eigenvalue weighted by Crippen LogP contribution is -2.48. The molecule has 34 heavy (non-hydrogen) atoms. The Morgan fingerprint density at radius 1 is 1.12 bits per heavy atom. The predicted octanol–water partition coefficient (Wildman–Crippen LogP) is 4.26. The highest BCUT2D eigenvalue weighted by molar-refractivity contribution is 7.89. The summed E-state index contributed by atoms with van der Waals surface area (Å²) in [5.41, 5.74) is 2.01. The first kappa shape index (κ1) is 24.3. The van der Waals surface area contributed by atoms with Crippen LogP contribution in [0.15, 0.2) is 58.8 Å². The Labute approximate surface area is 203 Å². The van der Waals surface area contributed by atoms with Crippen LogP contribution in [0.5, 0.6) is 5.75 Å². The molecule has 0 radical (unpaired) electrons. The minimum absolute atomic E-state index is 0.150. The van der Waals surface area contributed by atoms with Gasteiger partial charge in [-0.15, -0.1) is 11.3 Å². The molecule has 2 heterocycles. The van der Waals surface area contributed by atoms with E-state index in [0.717, 1.165) is 17.0 Å². The number of carbonyl (C=O) groups is 1. The molecule has 0 spiro atoms. The van der Waals surface area contributed by atoms with Gasteiger partial charge in [0.05, 0.1) is 29.4 Å². The van der Waals surface area contributed by atoms with Crippen molar-refractivity contribution in [3.05, 3.63) is 59.5 Å². The normalized spacial score (nSPS) is 19.0. The highest BCUT2D eigenvalue weighted by Crippen LogP contribution is 2.27. The van der Waals surface area contributed by atoms with Gasteiger partial charge in [-0.05, 0) is 69.3 Å². The summed E-state index contributed by atoms with van der Waals surface area (Å²) in [6.07, 6.45) is -0.344. The van der Waals surface area contributed by atoms with Crippen LogP contribution in [0.2, 0.25) is 0 Å².